The van der Waals surface area contributed by atoms with Crippen LogP contribution in [-0.4, -0.2) is 22.8 Å². The molecule has 2 N–H and O–H groups in total. The lowest BCUT2D eigenvalue weighted by Gasteiger charge is -2.11. The van der Waals surface area contributed by atoms with Gasteiger partial charge in [0.15, 0.2) is 6.10 Å². The zero-order valence-corrected chi connectivity index (χ0v) is 12.8. The van der Waals surface area contributed by atoms with E-state index in [1.54, 1.807) is 0 Å². The molecule has 0 heterocycles. The maximum atomic E-state index is 11.7. The number of phenols is 1. The van der Waals surface area contributed by atoms with Gasteiger partial charge in [-0.05, 0) is 24.1 Å². The Balaban J connectivity index is 2.14. The predicted molar refractivity (Wildman–Crippen MR) is 82.0 cm³/mol. The molecule has 0 aliphatic carbocycles. The lowest BCUT2D eigenvalue weighted by molar-refractivity contribution is -0.154. The Labute approximate surface area is 126 Å². The fourth-order valence-corrected chi connectivity index (χ4v) is 2.10. The minimum absolute atomic E-state index is 0.0994. The Morgan fingerprint density at radius 1 is 1.05 bits per heavy atom. The second kappa shape index (κ2) is 10.2. The van der Waals surface area contributed by atoms with Gasteiger partial charge in [0, 0.05) is 0 Å². The molecule has 0 aromatic heterocycles. The SMILES string of the molecule is CCCCCCCCCOC(=O)C(O)c1ccc(O)cc1. The van der Waals surface area contributed by atoms with E-state index in [-0.39, 0.29) is 5.75 Å². The summed E-state index contributed by atoms with van der Waals surface area (Å²) in [5.41, 5.74) is 0.428. The Hall–Kier alpha value is -1.55. The van der Waals surface area contributed by atoms with E-state index in [0.29, 0.717) is 12.2 Å². The van der Waals surface area contributed by atoms with E-state index in [0.717, 1.165) is 19.3 Å². The summed E-state index contributed by atoms with van der Waals surface area (Å²) in [6.07, 6.45) is 6.80. The average molecular weight is 294 g/mol. The van der Waals surface area contributed by atoms with Crippen LogP contribution in [0.4, 0.5) is 0 Å². The summed E-state index contributed by atoms with van der Waals surface area (Å²) in [6, 6.07) is 5.88. The van der Waals surface area contributed by atoms with Gasteiger partial charge in [0.05, 0.1) is 6.61 Å². The summed E-state index contributed by atoms with van der Waals surface area (Å²) < 4.78 is 5.06. The van der Waals surface area contributed by atoms with Gasteiger partial charge in [0.25, 0.3) is 0 Å². The number of phenolic OH excluding ortho intramolecular Hbond substituents is 1. The van der Waals surface area contributed by atoms with Gasteiger partial charge in [-0.15, -0.1) is 0 Å². The normalized spacial score (nSPS) is 12.1. The summed E-state index contributed by atoms with van der Waals surface area (Å²) >= 11 is 0. The molecule has 1 aromatic rings. The third kappa shape index (κ3) is 7.14. The summed E-state index contributed by atoms with van der Waals surface area (Å²) in [4.78, 5) is 11.7. The van der Waals surface area contributed by atoms with Crippen LogP contribution in [0.1, 0.15) is 63.5 Å². The van der Waals surface area contributed by atoms with E-state index in [1.807, 2.05) is 0 Å². The molecule has 0 aliphatic rings. The number of carbonyl (C=O) groups excluding carboxylic acids is 1. The van der Waals surface area contributed by atoms with Crippen molar-refractivity contribution in [1.29, 1.82) is 0 Å². The van der Waals surface area contributed by atoms with Crippen LogP contribution in [0.15, 0.2) is 24.3 Å². The van der Waals surface area contributed by atoms with Gasteiger partial charge in [-0.3, -0.25) is 0 Å². The van der Waals surface area contributed by atoms with Crippen LogP contribution in [0.2, 0.25) is 0 Å². The molecular formula is C17H26O4. The van der Waals surface area contributed by atoms with Crippen molar-refractivity contribution in [2.75, 3.05) is 6.61 Å². The van der Waals surface area contributed by atoms with Crippen molar-refractivity contribution in [3.05, 3.63) is 29.8 Å². The zero-order chi connectivity index (χ0) is 15.5. The molecule has 0 saturated heterocycles. The number of esters is 1. The van der Waals surface area contributed by atoms with Crippen LogP contribution >= 0.6 is 0 Å². The summed E-state index contributed by atoms with van der Waals surface area (Å²) in [6.45, 7) is 2.54. The lowest BCUT2D eigenvalue weighted by atomic mass is 10.1. The summed E-state index contributed by atoms with van der Waals surface area (Å²) in [5.74, 6) is -0.533. The van der Waals surface area contributed by atoms with Gasteiger partial charge in [0.1, 0.15) is 5.75 Å². The highest BCUT2D eigenvalue weighted by Crippen LogP contribution is 2.18. The summed E-state index contributed by atoms with van der Waals surface area (Å²) in [7, 11) is 0. The molecule has 1 atom stereocenters. The number of benzene rings is 1. The highest BCUT2D eigenvalue weighted by Gasteiger charge is 2.18. The van der Waals surface area contributed by atoms with E-state index >= 15 is 0 Å². The van der Waals surface area contributed by atoms with Crippen molar-refractivity contribution in [2.45, 2.75) is 58.0 Å². The van der Waals surface area contributed by atoms with Crippen molar-refractivity contribution in [2.24, 2.45) is 0 Å². The number of hydrogen-bond donors (Lipinski definition) is 2. The zero-order valence-electron chi connectivity index (χ0n) is 12.8. The number of aliphatic hydroxyl groups excluding tert-OH is 1. The first-order valence-corrected chi connectivity index (χ1v) is 7.78. The van der Waals surface area contributed by atoms with Gasteiger partial charge in [-0.1, -0.05) is 57.6 Å². The van der Waals surface area contributed by atoms with Crippen LogP contribution in [0.25, 0.3) is 0 Å². The molecule has 0 amide bonds. The van der Waals surface area contributed by atoms with Crippen LogP contribution in [-0.2, 0) is 9.53 Å². The van der Waals surface area contributed by atoms with Crippen LogP contribution in [0.5, 0.6) is 5.75 Å². The number of hydrogen-bond acceptors (Lipinski definition) is 4. The number of aliphatic hydroxyl groups is 1. The van der Waals surface area contributed by atoms with E-state index in [4.69, 9.17) is 9.84 Å². The molecule has 0 radical (unpaired) electrons. The number of rotatable bonds is 10. The largest absolute Gasteiger partial charge is 0.508 e. The molecule has 4 heteroatoms. The first-order chi connectivity index (χ1) is 10.1. The van der Waals surface area contributed by atoms with Crippen molar-refractivity contribution < 1.29 is 19.7 Å². The van der Waals surface area contributed by atoms with Gasteiger partial charge >= 0.3 is 5.97 Å². The molecule has 1 rings (SSSR count). The average Bonchev–Trinajstić information content (AvgIpc) is 2.49. The minimum atomic E-state index is -1.28. The first-order valence-electron chi connectivity index (χ1n) is 7.78. The molecule has 1 aromatic carbocycles. The van der Waals surface area contributed by atoms with Crippen molar-refractivity contribution >= 4 is 5.97 Å². The Morgan fingerprint density at radius 3 is 2.24 bits per heavy atom. The molecule has 0 bridgehead atoms. The maximum absolute atomic E-state index is 11.7. The van der Waals surface area contributed by atoms with E-state index in [9.17, 15) is 9.90 Å². The predicted octanol–water partition coefficient (Wildman–Crippen LogP) is 3.72. The molecule has 0 aliphatic heterocycles. The molecule has 1 unspecified atom stereocenters. The molecular weight excluding hydrogens is 268 g/mol. The third-order valence-electron chi connectivity index (χ3n) is 3.42. The lowest BCUT2D eigenvalue weighted by Crippen LogP contribution is -2.16. The van der Waals surface area contributed by atoms with Gasteiger partial charge in [-0.2, -0.15) is 0 Å². The van der Waals surface area contributed by atoms with Crippen molar-refractivity contribution in [3.63, 3.8) is 0 Å². The topological polar surface area (TPSA) is 66.8 Å². The van der Waals surface area contributed by atoms with Crippen LogP contribution < -0.4 is 0 Å². The van der Waals surface area contributed by atoms with E-state index in [1.165, 1.54) is 49.9 Å². The van der Waals surface area contributed by atoms with E-state index in [2.05, 4.69) is 6.92 Å². The Morgan fingerprint density at radius 2 is 1.62 bits per heavy atom. The second-order valence-electron chi connectivity index (χ2n) is 5.28. The van der Waals surface area contributed by atoms with Crippen LogP contribution in [0, 0.1) is 0 Å². The Bertz CT molecular complexity index is 400. The number of unbranched alkanes of at least 4 members (excludes halogenated alkanes) is 6. The monoisotopic (exact) mass is 294 g/mol. The molecule has 0 spiro atoms. The number of carbonyl (C=O) groups is 1. The number of aromatic hydroxyl groups is 1. The smallest absolute Gasteiger partial charge is 0.339 e. The fourth-order valence-electron chi connectivity index (χ4n) is 2.10. The maximum Gasteiger partial charge on any atom is 0.339 e. The van der Waals surface area contributed by atoms with Crippen LogP contribution in [0.3, 0.4) is 0 Å². The first kappa shape index (κ1) is 17.5. The van der Waals surface area contributed by atoms with Gasteiger partial charge in [0.2, 0.25) is 0 Å². The highest BCUT2D eigenvalue weighted by molar-refractivity contribution is 5.76. The molecule has 118 valence electrons. The highest BCUT2D eigenvalue weighted by atomic mass is 16.5. The quantitative estimate of drug-likeness (QED) is 0.510. The van der Waals surface area contributed by atoms with E-state index < -0.39 is 12.1 Å². The summed E-state index contributed by atoms with van der Waals surface area (Å²) in [5, 5.41) is 19.0. The van der Waals surface area contributed by atoms with Gasteiger partial charge in [-0.25, -0.2) is 4.79 Å². The molecule has 0 fully saturated rings. The molecule has 21 heavy (non-hydrogen) atoms. The fraction of sp³-hybridized carbons (Fsp3) is 0.588. The minimum Gasteiger partial charge on any atom is -0.508 e. The number of ether oxygens (including phenoxy) is 1. The molecule has 0 saturated carbocycles. The van der Waals surface area contributed by atoms with Crippen molar-refractivity contribution in [3.8, 4) is 5.75 Å². The Kier molecular flexibility index (Phi) is 8.51. The third-order valence-corrected chi connectivity index (χ3v) is 3.42. The standard InChI is InChI=1S/C17H26O4/c1-2-3-4-5-6-7-8-13-21-17(20)16(19)14-9-11-15(18)12-10-14/h9-12,16,18-19H,2-8,13H2,1H3. The molecule has 4 nitrogen and oxygen atoms in total. The second-order valence-corrected chi connectivity index (χ2v) is 5.28. The van der Waals surface area contributed by atoms with Crippen molar-refractivity contribution in [1.82, 2.24) is 0 Å². The van der Waals surface area contributed by atoms with Gasteiger partial charge < -0.3 is 14.9 Å².